The van der Waals surface area contributed by atoms with E-state index in [1.54, 1.807) is 24.3 Å². The highest BCUT2D eigenvalue weighted by molar-refractivity contribution is 6.34. The van der Waals surface area contributed by atoms with Crippen molar-refractivity contribution in [1.29, 1.82) is 0 Å². The van der Waals surface area contributed by atoms with Crippen molar-refractivity contribution in [2.75, 3.05) is 79.2 Å². The van der Waals surface area contributed by atoms with Crippen LogP contribution in [0, 0.1) is 0 Å². The van der Waals surface area contributed by atoms with Gasteiger partial charge in [0.25, 0.3) is 12.0 Å². The summed E-state index contributed by atoms with van der Waals surface area (Å²) >= 11 is 13.3. The smallest absolute Gasteiger partial charge is 0.295 e. The Morgan fingerprint density at radius 2 is 1.04 bits per heavy atom. The molecule has 4 saturated heterocycles. The standard InChI is InChI=1S/C30H32ClN3O7.C26H21ClN2O6.C4H11NO2/c31-22-13-24-23(33-30(34-24)41-27-16-40-28-26(37)15-39-29(27)28)12-21(22)19-4-2-18(3-5-19)20-6-1-17(11-25(20)36)14-32-7-9-38-10-8-35;27-18-9-20-19(28-26(29-20)35-23-12-34-24-22(32)11-33-25(23)24)8-17(18)15-4-2-14(3-5-15)16-6-1-13(10-30)7-21(16)31;5-1-3-7-4-2-6/h1-6,11-13,26-29,32,35-37H,7-10,14-16H2,(H,33,34);1-10,22-25,31-32H,11-12H2,(H,28,29);6H,1-5H2/t26-,27-,28-,29-;22-,23-,24-,25-;/m11./s1. The van der Waals surface area contributed by atoms with Gasteiger partial charge in [-0.25, -0.2) is 0 Å². The minimum Gasteiger partial charge on any atom is -0.507 e. The highest BCUT2D eigenvalue weighted by Gasteiger charge is 2.50. The van der Waals surface area contributed by atoms with Crippen molar-refractivity contribution >= 4 is 51.6 Å². The molecular formula is C60H64Cl2N6O15. The molecule has 0 spiro atoms. The molecule has 0 aliphatic carbocycles. The number of aldehydes is 1. The number of phenols is 2. The van der Waals surface area contributed by atoms with Gasteiger partial charge in [-0.3, -0.25) is 4.79 Å². The number of nitrogens with zero attached hydrogens (tertiary/aromatic N) is 2. The van der Waals surface area contributed by atoms with Crippen molar-refractivity contribution in [1.82, 2.24) is 25.3 Å². The Balaban J connectivity index is 0.000000168. The molecule has 4 aliphatic heterocycles. The molecule has 0 unspecified atom stereocenters. The van der Waals surface area contributed by atoms with Gasteiger partial charge in [0.1, 0.15) is 54.4 Å². The summed E-state index contributed by atoms with van der Waals surface area (Å²) in [5, 5.41) is 62.1. The van der Waals surface area contributed by atoms with Gasteiger partial charge in [0.2, 0.25) is 0 Å². The molecule has 4 aliphatic rings. The number of ether oxygens (including phenoxy) is 8. The molecule has 12 rings (SSSR count). The molecule has 2 aromatic heterocycles. The van der Waals surface area contributed by atoms with Gasteiger partial charge in [0, 0.05) is 47.5 Å². The lowest BCUT2D eigenvalue weighted by molar-refractivity contribution is 0.00704. The fraction of sp³-hybridized carbons (Fsp3) is 0.350. The molecule has 8 atom stereocenters. The first-order chi connectivity index (χ1) is 40.4. The van der Waals surface area contributed by atoms with Crippen LogP contribution in [-0.4, -0.2) is 185 Å². The number of carbonyl (C=O) groups is 1. The zero-order valence-electron chi connectivity index (χ0n) is 44.9. The summed E-state index contributed by atoms with van der Waals surface area (Å²) in [4.78, 5) is 26.4. The first-order valence-electron chi connectivity index (χ1n) is 27.1. The predicted molar refractivity (Wildman–Crippen MR) is 309 cm³/mol. The van der Waals surface area contributed by atoms with E-state index >= 15 is 0 Å². The highest BCUT2D eigenvalue weighted by atomic mass is 35.5. The van der Waals surface area contributed by atoms with Crippen LogP contribution in [-0.2, 0) is 35.0 Å². The summed E-state index contributed by atoms with van der Waals surface area (Å²) in [5.41, 5.74) is 15.8. The quantitative estimate of drug-likeness (QED) is 0.0300. The van der Waals surface area contributed by atoms with Gasteiger partial charge in [-0.15, -0.1) is 0 Å². The number of imidazole rings is 2. The van der Waals surface area contributed by atoms with Gasteiger partial charge in [-0.2, -0.15) is 9.97 Å². The number of aliphatic hydroxyl groups excluding tert-OH is 4. The Bertz CT molecular complexity index is 3460. The molecule has 11 N–H and O–H groups in total. The number of nitrogens with one attached hydrogen (secondary N) is 3. The van der Waals surface area contributed by atoms with Crippen molar-refractivity contribution in [3.8, 4) is 68.0 Å². The number of hydrogen-bond acceptors (Lipinski definition) is 19. The fourth-order valence-electron chi connectivity index (χ4n) is 10.2. The third-order valence-electron chi connectivity index (χ3n) is 14.3. The van der Waals surface area contributed by atoms with Gasteiger partial charge < -0.3 is 89.6 Å². The van der Waals surface area contributed by atoms with E-state index < -0.39 is 12.2 Å². The van der Waals surface area contributed by atoms with E-state index in [0.717, 1.165) is 55.5 Å². The van der Waals surface area contributed by atoms with Crippen LogP contribution in [0.15, 0.2) is 109 Å². The van der Waals surface area contributed by atoms with Gasteiger partial charge in [0.15, 0.2) is 12.2 Å². The Kier molecular flexibility index (Phi) is 19.9. The molecule has 0 amide bonds. The number of H-pyrrole nitrogens is 2. The van der Waals surface area contributed by atoms with Gasteiger partial charge in [0.05, 0.1) is 98.2 Å². The first-order valence-corrected chi connectivity index (χ1v) is 27.8. The number of rotatable bonds is 20. The normalized spacial score (nSPS) is 21.5. The van der Waals surface area contributed by atoms with Crippen molar-refractivity contribution in [3.63, 3.8) is 0 Å². The SMILES string of the molecule is NCCOCCO.O=Cc1ccc(-c2ccc(-c3cc4nc(O[C@@H]5CO[C@H]6[C@@H]5OC[C@H]6O)[nH]c4cc3Cl)cc2)c(O)c1.OCCOCCNCc1ccc(-c2ccc(-c3cc4nc(O[C@@H]5CO[C@H]6[C@@H]5OC[C@H]6O)[nH]c4cc3Cl)cc2)c(O)c1. The minimum absolute atomic E-state index is 0.0144. The zero-order chi connectivity index (χ0) is 58.0. The molecule has 6 aromatic carbocycles. The monoisotopic (exact) mass is 1180 g/mol. The minimum atomic E-state index is -0.642. The summed E-state index contributed by atoms with van der Waals surface area (Å²) < 4.78 is 44.5. The molecule has 4 fully saturated rings. The van der Waals surface area contributed by atoms with Gasteiger partial charge in [-0.05, 0) is 70.3 Å². The number of phenolic OH excluding ortho intramolecular Hbond substituents is 2. The van der Waals surface area contributed by atoms with E-state index in [9.17, 15) is 25.2 Å². The van der Waals surface area contributed by atoms with E-state index in [0.29, 0.717) is 110 Å². The largest absolute Gasteiger partial charge is 0.507 e. The number of nitrogens with two attached hydrogens (primary N) is 1. The fourth-order valence-corrected chi connectivity index (χ4v) is 10.7. The zero-order valence-corrected chi connectivity index (χ0v) is 46.4. The lowest BCUT2D eigenvalue weighted by Gasteiger charge is -2.15. The number of aromatic amines is 2. The van der Waals surface area contributed by atoms with Gasteiger partial charge >= 0.3 is 0 Å². The Morgan fingerprint density at radius 3 is 1.49 bits per heavy atom. The second-order valence-corrected chi connectivity index (χ2v) is 20.8. The highest BCUT2D eigenvalue weighted by Crippen LogP contribution is 2.39. The average molecular weight is 1180 g/mol. The summed E-state index contributed by atoms with van der Waals surface area (Å²) in [6.07, 6.45) is -2.72. The lowest BCUT2D eigenvalue weighted by atomic mass is 9.98. The molecule has 0 radical (unpaired) electrons. The molecule has 21 nitrogen and oxygen atoms in total. The average Bonchev–Trinajstić information content (AvgIpc) is 3.99. The Morgan fingerprint density at radius 1 is 0.578 bits per heavy atom. The molecule has 0 bridgehead atoms. The van der Waals surface area contributed by atoms with Crippen molar-refractivity contribution in [2.45, 2.75) is 55.4 Å². The lowest BCUT2D eigenvalue weighted by Crippen LogP contribution is -2.34. The molecule has 23 heteroatoms. The van der Waals surface area contributed by atoms with Crippen LogP contribution >= 0.6 is 23.2 Å². The number of hydrogen-bond donors (Lipinski definition) is 10. The van der Waals surface area contributed by atoms with Crippen LogP contribution in [0.5, 0.6) is 23.5 Å². The topological polar surface area (TPSA) is 308 Å². The number of aromatic hydroxyl groups is 2. The van der Waals surface area contributed by atoms with Crippen LogP contribution in [0.1, 0.15) is 15.9 Å². The number of carbonyl (C=O) groups excluding carboxylic acids is 1. The van der Waals surface area contributed by atoms with E-state index in [4.69, 9.17) is 77.0 Å². The van der Waals surface area contributed by atoms with Gasteiger partial charge in [-0.1, -0.05) is 89.9 Å². The number of benzene rings is 6. The maximum atomic E-state index is 10.9. The van der Waals surface area contributed by atoms with Crippen molar-refractivity contribution < 1.29 is 73.3 Å². The second-order valence-electron chi connectivity index (χ2n) is 20.0. The first kappa shape index (κ1) is 59.4. The van der Waals surface area contributed by atoms with Crippen molar-refractivity contribution in [3.05, 3.63) is 130 Å². The molecule has 8 aromatic rings. The van der Waals surface area contributed by atoms with E-state index in [1.807, 2.05) is 78.9 Å². The number of halogens is 2. The van der Waals surface area contributed by atoms with E-state index in [1.165, 1.54) is 6.07 Å². The second kappa shape index (κ2) is 27.7. The number of fused-ring (bicyclic) bond motifs is 4. The maximum absolute atomic E-state index is 10.9. The Labute approximate surface area is 486 Å². The predicted octanol–water partition coefficient (Wildman–Crippen LogP) is 6.19. The van der Waals surface area contributed by atoms with E-state index in [2.05, 4.69) is 25.3 Å². The number of aliphatic hydroxyl groups is 4. The van der Waals surface area contributed by atoms with Crippen LogP contribution < -0.4 is 20.5 Å². The molecule has 6 heterocycles. The summed E-state index contributed by atoms with van der Waals surface area (Å²) in [6, 6.07) is 34.0. The summed E-state index contributed by atoms with van der Waals surface area (Å²) in [6.45, 7) is 4.77. The van der Waals surface area contributed by atoms with Crippen LogP contribution in [0.2, 0.25) is 10.0 Å². The van der Waals surface area contributed by atoms with Crippen LogP contribution in [0.25, 0.3) is 66.6 Å². The molecule has 438 valence electrons. The van der Waals surface area contributed by atoms with Crippen LogP contribution in [0.4, 0.5) is 0 Å². The third-order valence-corrected chi connectivity index (χ3v) is 14.9. The molecular weight excluding hydrogens is 1120 g/mol. The maximum Gasteiger partial charge on any atom is 0.295 e. The Hall–Kier alpha value is -6.77. The number of aromatic nitrogens is 4. The van der Waals surface area contributed by atoms with Crippen molar-refractivity contribution in [2.24, 2.45) is 5.73 Å². The summed E-state index contributed by atoms with van der Waals surface area (Å²) in [7, 11) is 0. The van der Waals surface area contributed by atoms with Crippen LogP contribution in [0.3, 0.4) is 0 Å². The van der Waals surface area contributed by atoms with E-state index in [-0.39, 0.29) is 74.6 Å². The summed E-state index contributed by atoms with van der Waals surface area (Å²) in [5.74, 6) is 0.246. The molecule has 0 saturated carbocycles. The third kappa shape index (κ3) is 14.1. The molecule has 83 heavy (non-hydrogen) atoms.